The Morgan fingerprint density at radius 2 is 1.81 bits per heavy atom. The number of likely N-dealkylation sites (tertiary alicyclic amines) is 1. The Kier molecular flexibility index (Phi) is 9.41. The van der Waals surface area contributed by atoms with Crippen molar-refractivity contribution in [3.05, 3.63) is 30.3 Å². The van der Waals surface area contributed by atoms with E-state index in [1.54, 1.807) is 0 Å². The molecule has 0 N–H and O–H groups in total. The van der Waals surface area contributed by atoms with E-state index in [0.717, 1.165) is 18.9 Å². The minimum Gasteiger partial charge on any atom is -1.00 e. The van der Waals surface area contributed by atoms with Crippen molar-refractivity contribution in [2.45, 2.75) is 12.8 Å². The van der Waals surface area contributed by atoms with Crippen LogP contribution >= 0.6 is 0 Å². The Morgan fingerprint density at radius 3 is 2.44 bits per heavy atom. The van der Waals surface area contributed by atoms with E-state index >= 15 is 0 Å². The number of benzene rings is 1. The number of nitrogens with zero attached hydrogens (tertiary/aromatic N) is 1. The zero-order valence-corrected chi connectivity index (χ0v) is 12.5. The number of halogens is 1. The fraction of sp³-hybridized carbons (Fsp3) is 0.500. The predicted octanol–water partition coefficient (Wildman–Crippen LogP) is -1.42. The smallest absolute Gasteiger partial charge is 1.00 e. The molecular formula is C12H16BrMgNO. The number of rotatable bonds is 4. The Bertz CT molecular complexity index is 265. The molecule has 1 aromatic carbocycles. The molecule has 0 aromatic heterocycles. The topological polar surface area (TPSA) is 12.5 Å². The second-order valence-corrected chi connectivity index (χ2v) is 3.63. The molecule has 1 fully saturated rings. The Balaban J connectivity index is 0.00000112. The van der Waals surface area contributed by atoms with E-state index in [4.69, 9.17) is 4.74 Å². The minimum atomic E-state index is 0. The molecule has 1 saturated heterocycles. The first-order valence-electron chi connectivity index (χ1n) is 5.26. The Hall–Kier alpha value is 0.226. The summed E-state index contributed by atoms with van der Waals surface area (Å²) in [5.41, 5.74) is 0. The van der Waals surface area contributed by atoms with Crippen LogP contribution in [0.5, 0.6) is 5.75 Å². The average molecular weight is 294 g/mol. The van der Waals surface area contributed by atoms with E-state index in [0.29, 0.717) is 0 Å². The van der Waals surface area contributed by atoms with Crippen LogP contribution in [0.4, 0.5) is 0 Å². The van der Waals surface area contributed by atoms with Gasteiger partial charge in [-0.2, -0.15) is 18.2 Å². The van der Waals surface area contributed by atoms with Crippen molar-refractivity contribution in [2.24, 2.45) is 0 Å². The summed E-state index contributed by atoms with van der Waals surface area (Å²) >= 11 is 0. The van der Waals surface area contributed by atoms with Gasteiger partial charge in [-0.1, -0.05) is 0 Å². The van der Waals surface area contributed by atoms with Gasteiger partial charge in [-0.25, -0.2) is 0 Å². The monoisotopic (exact) mass is 293 g/mol. The SMILES string of the molecule is [Br-].[Mg+2].[c-]1ccc(OCCN2CCCC2)cc1. The van der Waals surface area contributed by atoms with Gasteiger partial charge < -0.3 is 21.7 Å². The summed E-state index contributed by atoms with van der Waals surface area (Å²) in [4.78, 5) is 2.45. The maximum Gasteiger partial charge on any atom is 2.00 e. The molecule has 0 unspecified atom stereocenters. The van der Waals surface area contributed by atoms with E-state index in [9.17, 15) is 0 Å². The molecule has 0 bridgehead atoms. The van der Waals surface area contributed by atoms with Crippen LogP contribution < -0.4 is 21.7 Å². The van der Waals surface area contributed by atoms with Crippen molar-refractivity contribution >= 4 is 23.1 Å². The van der Waals surface area contributed by atoms with Gasteiger partial charge in [-0.15, -0.1) is 12.1 Å². The van der Waals surface area contributed by atoms with Gasteiger partial charge >= 0.3 is 23.1 Å². The molecule has 0 saturated carbocycles. The fourth-order valence-corrected chi connectivity index (χ4v) is 1.77. The third-order valence-electron chi connectivity index (χ3n) is 2.56. The molecule has 1 aromatic rings. The summed E-state index contributed by atoms with van der Waals surface area (Å²) in [6, 6.07) is 10.6. The third kappa shape index (κ3) is 5.52. The third-order valence-corrected chi connectivity index (χ3v) is 2.56. The molecule has 1 heterocycles. The van der Waals surface area contributed by atoms with Crippen LogP contribution in [0.2, 0.25) is 0 Å². The van der Waals surface area contributed by atoms with Crippen molar-refractivity contribution in [1.82, 2.24) is 4.90 Å². The molecule has 2 nitrogen and oxygen atoms in total. The normalized spacial score (nSPS) is 15.0. The Labute approximate surface area is 124 Å². The van der Waals surface area contributed by atoms with Gasteiger partial charge in [0.05, 0.1) is 6.61 Å². The molecular weight excluding hydrogens is 278 g/mol. The second kappa shape index (κ2) is 9.28. The quantitative estimate of drug-likeness (QED) is 0.499. The van der Waals surface area contributed by atoms with Gasteiger partial charge in [0.25, 0.3) is 0 Å². The molecule has 0 amide bonds. The van der Waals surface area contributed by atoms with Crippen LogP contribution in [0, 0.1) is 6.07 Å². The fourth-order valence-electron chi connectivity index (χ4n) is 1.77. The zero-order valence-electron chi connectivity index (χ0n) is 9.49. The molecule has 16 heavy (non-hydrogen) atoms. The van der Waals surface area contributed by atoms with Gasteiger partial charge in [-0.05, 0) is 25.9 Å². The van der Waals surface area contributed by atoms with E-state index in [2.05, 4.69) is 11.0 Å². The maximum atomic E-state index is 5.61. The minimum absolute atomic E-state index is 0. The van der Waals surface area contributed by atoms with Crippen molar-refractivity contribution in [3.8, 4) is 5.75 Å². The summed E-state index contributed by atoms with van der Waals surface area (Å²) in [6.45, 7) is 4.33. The molecule has 1 aliphatic heterocycles. The van der Waals surface area contributed by atoms with E-state index in [1.165, 1.54) is 25.9 Å². The molecule has 84 valence electrons. The molecule has 0 atom stereocenters. The van der Waals surface area contributed by atoms with Gasteiger partial charge in [0.1, 0.15) is 0 Å². The Morgan fingerprint density at radius 1 is 1.19 bits per heavy atom. The van der Waals surface area contributed by atoms with Gasteiger partial charge in [0.15, 0.2) is 0 Å². The van der Waals surface area contributed by atoms with E-state index in [1.807, 2.05) is 24.3 Å². The van der Waals surface area contributed by atoms with Crippen LogP contribution in [0.25, 0.3) is 0 Å². The molecule has 4 heteroatoms. The van der Waals surface area contributed by atoms with Crippen LogP contribution in [-0.4, -0.2) is 54.2 Å². The summed E-state index contributed by atoms with van der Waals surface area (Å²) in [6.07, 6.45) is 2.70. The molecule has 2 rings (SSSR count). The van der Waals surface area contributed by atoms with Gasteiger partial charge in [0, 0.05) is 12.3 Å². The number of hydrogen-bond acceptors (Lipinski definition) is 2. The van der Waals surface area contributed by atoms with Crippen LogP contribution in [0.1, 0.15) is 12.8 Å². The molecule has 1 aliphatic rings. The maximum absolute atomic E-state index is 5.61. The zero-order chi connectivity index (χ0) is 9.64. The first kappa shape index (κ1) is 16.2. The van der Waals surface area contributed by atoms with E-state index in [-0.39, 0.29) is 40.0 Å². The van der Waals surface area contributed by atoms with Gasteiger partial charge in [0.2, 0.25) is 0 Å². The van der Waals surface area contributed by atoms with Crippen molar-refractivity contribution in [1.29, 1.82) is 0 Å². The molecule has 0 radical (unpaired) electrons. The van der Waals surface area contributed by atoms with Crippen LogP contribution in [0.15, 0.2) is 24.3 Å². The van der Waals surface area contributed by atoms with Crippen molar-refractivity contribution < 1.29 is 21.7 Å². The van der Waals surface area contributed by atoms with Gasteiger partial charge in [-0.3, -0.25) is 4.90 Å². The first-order chi connectivity index (χ1) is 6.95. The van der Waals surface area contributed by atoms with Crippen molar-refractivity contribution in [3.63, 3.8) is 0 Å². The first-order valence-corrected chi connectivity index (χ1v) is 5.26. The van der Waals surface area contributed by atoms with Crippen LogP contribution in [0.3, 0.4) is 0 Å². The average Bonchev–Trinajstić information content (AvgIpc) is 2.72. The summed E-state index contributed by atoms with van der Waals surface area (Å²) in [5.74, 6) is 0.947. The molecule has 0 aliphatic carbocycles. The van der Waals surface area contributed by atoms with Crippen LogP contribution in [-0.2, 0) is 0 Å². The summed E-state index contributed by atoms with van der Waals surface area (Å²) in [7, 11) is 0. The standard InChI is InChI=1S/C12H16NO.BrH.Mg/c1-2-6-12(7-3-1)14-11-10-13-8-4-5-9-13;;/h2-3,6-7H,4-5,8-11H2;1H;/q-1;;+2/p-1. The number of hydrogen-bond donors (Lipinski definition) is 0. The van der Waals surface area contributed by atoms with Crippen molar-refractivity contribution in [2.75, 3.05) is 26.2 Å². The summed E-state index contributed by atoms with van der Waals surface area (Å²) < 4.78 is 5.61. The summed E-state index contributed by atoms with van der Waals surface area (Å²) in [5, 5.41) is 0. The predicted molar refractivity (Wildman–Crippen MR) is 62.2 cm³/mol. The van der Waals surface area contributed by atoms with E-state index < -0.39 is 0 Å². The second-order valence-electron chi connectivity index (χ2n) is 3.63. The molecule has 0 spiro atoms. The number of ether oxygens (including phenoxy) is 1. The largest absolute Gasteiger partial charge is 2.00 e.